The molecule has 2 heterocycles. The summed E-state index contributed by atoms with van der Waals surface area (Å²) in [5.74, 6) is -5.28. The van der Waals surface area contributed by atoms with Gasteiger partial charge in [0.1, 0.15) is 31.0 Å². The van der Waals surface area contributed by atoms with Crippen molar-refractivity contribution < 1.29 is 86.0 Å². The number of benzene rings is 1. The molecule has 3 fully saturated rings. The number of nitrogens with one attached hydrogen (secondary N) is 1. The van der Waals surface area contributed by atoms with E-state index in [1.807, 2.05) is 6.07 Å². The molecule has 1 aromatic rings. The number of fused-ring (bicyclic) bond motifs is 1. The van der Waals surface area contributed by atoms with Gasteiger partial charge in [-0.3, -0.25) is 28.8 Å². The molecule has 11 atom stereocenters. The van der Waals surface area contributed by atoms with Crippen molar-refractivity contribution in [2.24, 2.45) is 11.8 Å². The van der Waals surface area contributed by atoms with Gasteiger partial charge >= 0.3 is 35.8 Å². The molecule has 0 unspecified atom stereocenters. The van der Waals surface area contributed by atoms with Crippen LogP contribution in [0.15, 0.2) is 18.2 Å². The number of esters is 6. The van der Waals surface area contributed by atoms with Gasteiger partial charge in [-0.25, -0.2) is 0 Å². The monoisotopic (exact) mass is 797 g/mol. The summed E-state index contributed by atoms with van der Waals surface area (Å²) in [6.07, 6.45) is -9.32. The summed E-state index contributed by atoms with van der Waals surface area (Å²) in [6, 6.07) is 4.35. The number of ether oxygens (including phenoxy) is 11. The molecular weight excluding hydrogens is 746 g/mol. The second-order valence-corrected chi connectivity index (χ2v) is 13.6. The van der Waals surface area contributed by atoms with E-state index in [0.717, 1.165) is 33.3 Å². The predicted octanol–water partition coefficient (Wildman–Crippen LogP) is 0.523. The smallest absolute Gasteiger partial charge is 0.303 e. The summed E-state index contributed by atoms with van der Waals surface area (Å²) in [6.45, 7) is 5.96. The molecule has 2 N–H and O–H groups in total. The Morgan fingerprint density at radius 1 is 0.750 bits per heavy atom. The van der Waals surface area contributed by atoms with Crippen LogP contribution in [0, 0.1) is 11.8 Å². The van der Waals surface area contributed by atoms with E-state index in [9.17, 15) is 33.9 Å². The van der Waals surface area contributed by atoms with Crippen LogP contribution in [-0.2, 0) is 77.8 Å². The minimum atomic E-state index is -2.03. The van der Waals surface area contributed by atoms with Gasteiger partial charge in [0.15, 0.2) is 36.1 Å². The van der Waals surface area contributed by atoms with Gasteiger partial charge in [0, 0.05) is 47.5 Å². The first-order valence-corrected chi connectivity index (χ1v) is 18.0. The van der Waals surface area contributed by atoms with Gasteiger partial charge in [-0.05, 0) is 37.1 Å². The molecular formula is C37H51NO18. The van der Waals surface area contributed by atoms with E-state index >= 15 is 0 Å². The Bertz CT molecular complexity index is 1590. The fourth-order valence-electron chi connectivity index (χ4n) is 7.53. The van der Waals surface area contributed by atoms with Gasteiger partial charge in [-0.1, -0.05) is 6.07 Å². The number of carbonyl (C=O) groups is 6. The molecule has 0 bridgehead atoms. The van der Waals surface area contributed by atoms with Gasteiger partial charge in [0.25, 0.3) is 0 Å². The lowest BCUT2D eigenvalue weighted by Crippen LogP contribution is -2.65. The highest BCUT2D eigenvalue weighted by molar-refractivity contribution is 5.69. The van der Waals surface area contributed by atoms with Gasteiger partial charge in [-0.2, -0.15) is 0 Å². The lowest BCUT2D eigenvalue weighted by molar-refractivity contribution is -0.360. The standard InChI is InChI=1S/C37H51NO18/c1-18(39)49-16-28-31(52-21(4)42)32(53-22(5)43)33(54-23(6)44)36(55-28)56-35-29-25(12-14-48-35)30(51-20(3)41)34(37(29,45)17-50-19(2)40)38-13-11-24-9-10-26(46-7)27(15-24)47-8/h9-10,15,25,28-36,38,45H,11-14,16-17H2,1-8H3/t25-,28-,29-,30+,31-,32+,33-,34-,35+,36+,37-/m1/s1. The zero-order valence-electron chi connectivity index (χ0n) is 32.6. The third kappa shape index (κ3) is 10.8. The molecule has 3 aliphatic rings. The number of methoxy groups -OCH3 is 2. The Morgan fingerprint density at radius 2 is 1.34 bits per heavy atom. The maximum Gasteiger partial charge on any atom is 0.303 e. The quantitative estimate of drug-likeness (QED) is 0.171. The van der Waals surface area contributed by atoms with Crippen LogP contribution in [0.4, 0.5) is 0 Å². The number of carbonyl (C=O) groups excluding carboxylic acids is 6. The second-order valence-electron chi connectivity index (χ2n) is 13.6. The van der Waals surface area contributed by atoms with Crippen LogP contribution in [0.3, 0.4) is 0 Å². The first-order valence-electron chi connectivity index (χ1n) is 18.0. The van der Waals surface area contributed by atoms with Crippen LogP contribution in [0.5, 0.6) is 11.5 Å². The van der Waals surface area contributed by atoms with Crippen molar-refractivity contribution in [2.75, 3.05) is 40.6 Å². The van der Waals surface area contributed by atoms with Crippen LogP contribution in [0.2, 0.25) is 0 Å². The number of hydrogen-bond donors (Lipinski definition) is 2. The van der Waals surface area contributed by atoms with E-state index < -0.39 is 116 Å². The minimum absolute atomic E-state index is 0.0247. The van der Waals surface area contributed by atoms with Crippen molar-refractivity contribution in [1.82, 2.24) is 5.32 Å². The van der Waals surface area contributed by atoms with Crippen molar-refractivity contribution in [3.63, 3.8) is 0 Å². The van der Waals surface area contributed by atoms with Crippen molar-refractivity contribution in [3.05, 3.63) is 23.8 Å². The molecule has 2 saturated heterocycles. The zero-order chi connectivity index (χ0) is 41.3. The SMILES string of the molecule is COc1ccc(CCN[C@@H]2[C@@H](OC(C)=O)[C@@H]3CCO[C@@H](O[C@@H]4O[C@H](COC(C)=O)[C@@H](OC(C)=O)[C@H](OC(C)=O)[C@H]4OC(C)=O)[C@@H]3[C@]2(O)COC(C)=O)cc1OC. The summed E-state index contributed by atoms with van der Waals surface area (Å²) in [5.41, 5.74) is -1.18. The Labute approximate surface area is 323 Å². The van der Waals surface area contributed by atoms with E-state index in [1.54, 1.807) is 12.1 Å². The minimum Gasteiger partial charge on any atom is -0.493 e. The first kappa shape index (κ1) is 44.2. The fraction of sp³-hybridized carbons (Fsp3) is 0.676. The average Bonchev–Trinajstić information content (AvgIpc) is 3.35. The van der Waals surface area contributed by atoms with E-state index in [4.69, 9.17) is 52.1 Å². The Morgan fingerprint density at radius 3 is 1.93 bits per heavy atom. The summed E-state index contributed by atoms with van der Waals surface area (Å²) in [5, 5.41) is 16.0. The van der Waals surface area contributed by atoms with Crippen LogP contribution < -0.4 is 14.8 Å². The molecule has 56 heavy (non-hydrogen) atoms. The topological polar surface area (TPSA) is 236 Å². The van der Waals surface area contributed by atoms with Gasteiger partial charge in [0.05, 0.1) is 32.8 Å². The fourth-order valence-corrected chi connectivity index (χ4v) is 7.53. The van der Waals surface area contributed by atoms with Crippen molar-refractivity contribution in [2.45, 2.75) is 109 Å². The molecule has 1 aromatic carbocycles. The maximum atomic E-state index is 12.7. The van der Waals surface area contributed by atoms with E-state index in [0.29, 0.717) is 17.9 Å². The lowest BCUT2D eigenvalue weighted by Gasteiger charge is -2.47. The molecule has 0 aromatic heterocycles. The Hall–Kier alpha value is -4.56. The van der Waals surface area contributed by atoms with E-state index in [2.05, 4.69) is 5.32 Å². The first-order chi connectivity index (χ1) is 26.5. The van der Waals surface area contributed by atoms with Crippen LogP contribution in [0.25, 0.3) is 0 Å². The zero-order valence-corrected chi connectivity index (χ0v) is 32.6. The molecule has 2 aliphatic heterocycles. The highest BCUT2D eigenvalue weighted by Gasteiger charge is 2.66. The van der Waals surface area contributed by atoms with Gasteiger partial charge in [0.2, 0.25) is 6.29 Å². The van der Waals surface area contributed by atoms with Crippen molar-refractivity contribution >= 4 is 35.8 Å². The summed E-state index contributed by atoms with van der Waals surface area (Å²) >= 11 is 0. The largest absolute Gasteiger partial charge is 0.493 e. The Balaban J connectivity index is 1.73. The summed E-state index contributed by atoms with van der Waals surface area (Å²) in [4.78, 5) is 73.6. The number of aliphatic hydroxyl groups is 1. The van der Waals surface area contributed by atoms with Gasteiger partial charge < -0.3 is 62.5 Å². The average molecular weight is 798 g/mol. The van der Waals surface area contributed by atoms with Crippen molar-refractivity contribution in [3.8, 4) is 11.5 Å². The van der Waals surface area contributed by atoms with Crippen LogP contribution in [0.1, 0.15) is 53.5 Å². The summed E-state index contributed by atoms with van der Waals surface area (Å²) < 4.78 is 62.4. The third-order valence-electron chi connectivity index (χ3n) is 9.61. The predicted molar refractivity (Wildman–Crippen MR) is 187 cm³/mol. The summed E-state index contributed by atoms with van der Waals surface area (Å²) in [7, 11) is 3.04. The highest BCUT2D eigenvalue weighted by Crippen LogP contribution is 2.50. The molecule has 19 heteroatoms. The van der Waals surface area contributed by atoms with E-state index in [1.165, 1.54) is 28.1 Å². The van der Waals surface area contributed by atoms with Gasteiger partial charge in [-0.15, -0.1) is 0 Å². The molecule has 0 spiro atoms. The van der Waals surface area contributed by atoms with Crippen LogP contribution in [-0.4, -0.2) is 136 Å². The molecule has 4 rings (SSSR count). The number of rotatable bonds is 16. The highest BCUT2D eigenvalue weighted by atomic mass is 16.8. The van der Waals surface area contributed by atoms with Crippen LogP contribution >= 0.6 is 0 Å². The second kappa shape index (κ2) is 19.5. The Kier molecular flexibility index (Phi) is 15.4. The molecule has 312 valence electrons. The molecule has 0 amide bonds. The molecule has 1 saturated carbocycles. The van der Waals surface area contributed by atoms with E-state index in [-0.39, 0.29) is 19.6 Å². The molecule has 0 radical (unpaired) electrons. The molecule has 19 nitrogen and oxygen atoms in total. The number of hydrogen-bond acceptors (Lipinski definition) is 19. The normalized spacial score (nSPS) is 30.9. The third-order valence-corrected chi connectivity index (χ3v) is 9.61. The molecule has 1 aliphatic carbocycles. The maximum absolute atomic E-state index is 12.7. The lowest BCUT2D eigenvalue weighted by atomic mass is 9.81. The van der Waals surface area contributed by atoms with Crippen molar-refractivity contribution in [1.29, 1.82) is 0 Å².